The van der Waals surface area contributed by atoms with Gasteiger partial charge in [-0.05, 0) is 49.7 Å². The first-order valence-corrected chi connectivity index (χ1v) is 14.0. The van der Waals surface area contributed by atoms with Gasteiger partial charge >= 0.3 is 0 Å². The summed E-state index contributed by atoms with van der Waals surface area (Å²) in [5.74, 6) is -2.08. The van der Waals surface area contributed by atoms with Crippen LogP contribution in [-0.4, -0.2) is 81.9 Å². The molecule has 2 fully saturated rings. The molecule has 2 aromatic heterocycles. The highest BCUT2D eigenvalue weighted by Crippen LogP contribution is 2.32. The van der Waals surface area contributed by atoms with E-state index >= 15 is 0 Å². The number of nitrogens with one attached hydrogen (secondary N) is 2. The predicted octanol–water partition coefficient (Wildman–Crippen LogP) is 4.12. The standard InChI is InChI=1S/C29H28ClF2N7O3/c1-42-23-7-6-19(24(31)25(23)32)22-16-35-27-26(34-9-10-39(22)27)36-17-4-5-18(20(30)15-17)28(40)37-11-13-38(14-12-37)29(41)21-3-2-8-33-21/h4-7,9-10,15-16,21,33H,2-3,8,11-14H2,1H3,(H,34,36)/t21-/m0/s1. The van der Waals surface area contributed by atoms with Crippen LogP contribution in [0.2, 0.25) is 5.02 Å². The quantitative estimate of drug-likeness (QED) is 0.346. The minimum Gasteiger partial charge on any atom is -0.494 e. The molecule has 2 amide bonds. The number of carbonyl (C=O) groups is 2. The zero-order chi connectivity index (χ0) is 29.4. The molecule has 0 saturated carbocycles. The molecule has 10 nitrogen and oxygen atoms in total. The van der Waals surface area contributed by atoms with E-state index in [1.807, 2.05) is 4.90 Å². The number of piperazine rings is 1. The van der Waals surface area contributed by atoms with Gasteiger partial charge in [-0.2, -0.15) is 4.39 Å². The lowest BCUT2D eigenvalue weighted by Gasteiger charge is -2.36. The Morgan fingerprint density at radius 2 is 1.86 bits per heavy atom. The van der Waals surface area contributed by atoms with Crippen LogP contribution in [0, 0.1) is 11.6 Å². The average Bonchev–Trinajstić information content (AvgIpc) is 3.70. The number of imidazole rings is 1. The number of hydrogen-bond acceptors (Lipinski definition) is 7. The largest absolute Gasteiger partial charge is 0.494 e. The lowest BCUT2D eigenvalue weighted by molar-refractivity contribution is -0.134. The van der Waals surface area contributed by atoms with E-state index < -0.39 is 11.6 Å². The van der Waals surface area contributed by atoms with Crippen molar-refractivity contribution in [1.29, 1.82) is 0 Å². The Morgan fingerprint density at radius 1 is 1.07 bits per heavy atom. The van der Waals surface area contributed by atoms with Crippen molar-refractivity contribution in [3.05, 3.63) is 71.1 Å². The van der Waals surface area contributed by atoms with Crippen molar-refractivity contribution in [2.45, 2.75) is 18.9 Å². The molecule has 2 aliphatic rings. The number of anilines is 2. The van der Waals surface area contributed by atoms with E-state index in [1.54, 1.807) is 33.7 Å². The van der Waals surface area contributed by atoms with E-state index in [-0.39, 0.29) is 34.2 Å². The molecule has 0 aliphatic carbocycles. The highest BCUT2D eigenvalue weighted by molar-refractivity contribution is 6.34. The zero-order valence-electron chi connectivity index (χ0n) is 22.7. The molecule has 42 heavy (non-hydrogen) atoms. The molecule has 6 rings (SSSR count). The van der Waals surface area contributed by atoms with Crippen LogP contribution in [0.5, 0.6) is 5.75 Å². The fourth-order valence-corrected chi connectivity index (χ4v) is 5.67. The molecule has 0 unspecified atom stereocenters. The lowest BCUT2D eigenvalue weighted by Crippen LogP contribution is -2.54. The van der Waals surface area contributed by atoms with Gasteiger partial charge in [0.05, 0.1) is 35.6 Å². The topological polar surface area (TPSA) is 104 Å². The summed E-state index contributed by atoms with van der Waals surface area (Å²) in [6.07, 6.45) is 6.37. The van der Waals surface area contributed by atoms with Crippen molar-refractivity contribution in [3.8, 4) is 17.0 Å². The second-order valence-corrected chi connectivity index (χ2v) is 10.5. The Kier molecular flexibility index (Phi) is 7.65. The van der Waals surface area contributed by atoms with Crippen LogP contribution in [0.15, 0.2) is 48.9 Å². The monoisotopic (exact) mass is 595 g/mol. The van der Waals surface area contributed by atoms with Gasteiger partial charge in [-0.3, -0.25) is 14.0 Å². The molecule has 4 heterocycles. The number of fused-ring (bicyclic) bond motifs is 1. The van der Waals surface area contributed by atoms with Gasteiger partial charge in [0.15, 0.2) is 23.0 Å². The molecule has 13 heteroatoms. The number of hydrogen-bond donors (Lipinski definition) is 2. The van der Waals surface area contributed by atoms with Gasteiger partial charge < -0.3 is 25.2 Å². The van der Waals surface area contributed by atoms with Gasteiger partial charge in [-0.15, -0.1) is 0 Å². The van der Waals surface area contributed by atoms with Crippen molar-refractivity contribution in [3.63, 3.8) is 0 Å². The number of amides is 2. The molecule has 2 N–H and O–H groups in total. The molecule has 1 atom stereocenters. The van der Waals surface area contributed by atoms with Crippen molar-refractivity contribution in [1.82, 2.24) is 29.5 Å². The van der Waals surface area contributed by atoms with Crippen LogP contribution >= 0.6 is 11.6 Å². The summed E-state index contributed by atoms with van der Waals surface area (Å²) < 4.78 is 35.6. The van der Waals surface area contributed by atoms with Crippen molar-refractivity contribution in [2.24, 2.45) is 0 Å². The zero-order valence-corrected chi connectivity index (χ0v) is 23.5. The highest BCUT2D eigenvalue weighted by Gasteiger charge is 2.31. The third kappa shape index (κ3) is 5.12. The molecule has 2 saturated heterocycles. The van der Waals surface area contributed by atoms with Gasteiger partial charge in [0.1, 0.15) is 0 Å². The predicted molar refractivity (Wildman–Crippen MR) is 153 cm³/mol. The summed E-state index contributed by atoms with van der Waals surface area (Å²) in [5, 5.41) is 6.63. The Bertz CT molecular complexity index is 1670. The summed E-state index contributed by atoms with van der Waals surface area (Å²) in [6.45, 7) is 2.68. The van der Waals surface area contributed by atoms with Crippen LogP contribution in [0.25, 0.3) is 16.9 Å². The third-order valence-corrected chi connectivity index (χ3v) is 7.98. The van der Waals surface area contributed by atoms with Gasteiger partial charge in [0.25, 0.3) is 5.91 Å². The molecular formula is C29H28ClF2N7O3. The minimum atomic E-state index is -1.08. The SMILES string of the molecule is COc1ccc(-c2cnc3c(Nc4ccc(C(=O)N5CCN(C(=O)[C@@H]6CCCN6)CC5)c(Cl)c4)nccn23)c(F)c1F. The lowest BCUT2D eigenvalue weighted by atomic mass is 10.1. The molecule has 0 spiro atoms. The summed E-state index contributed by atoms with van der Waals surface area (Å²) in [7, 11) is 1.27. The molecule has 0 radical (unpaired) electrons. The van der Waals surface area contributed by atoms with Gasteiger partial charge in [0.2, 0.25) is 11.7 Å². The van der Waals surface area contributed by atoms with Crippen molar-refractivity contribution in [2.75, 3.05) is 45.2 Å². The maximum absolute atomic E-state index is 14.8. The number of rotatable bonds is 6. The number of ether oxygens (including phenoxy) is 1. The summed E-state index contributed by atoms with van der Waals surface area (Å²) in [4.78, 5) is 38.2. The molecule has 218 valence electrons. The highest BCUT2D eigenvalue weighted by atomic mass is 35.5. The number of aromatic nitrogens is 3. The number of halogens is 3. The van der Waals surface area contributed by atoms with Crippen LogP contribution in [0.4, 0.5) is 20.3 Å². The van der Waals surface area contributed by atoms with E-state index in [0.29, 0.717) is 54.6 Å². The number of carbonyl (C=O) groups excluding carboxylic acids is 2. The van der Waals surface area contributed by atoms with Gasteiger partial charge in [-0.25, -0.2) is 14.4 Å². The fourth-order valence-electron chi connectivity index (χ4n) is 5.41. The number of nitrogens with zero attached hydrogens (tertiary/aromatic N) is 5. The summed E-state index contributed by atoms with van der Waals surface area (Å²) in [6, 6.07) is 7.62. The van der Waals surface area contributed by atoms with Crippen molar-refractivity contribution < 1.29 is 23.1 Å². The summed E-state index contributed by atoms with van der Waals surface area (Å²) in [5.41, 5.74) is 1.63. The molecule has 4 aromatic rings. The Morgan fingerprint density at radius 3 is 2.57 bits per heavy atom. The van der Waals surface area contributed by atoms with Crippen LogP contribution in [-0.2, 0) is 4.79 Å². The minimum absolute atomic E-state index is 0.0178. The molecule has 2 aromatic carbocycles. The number of methoxy groups -OCH3 is 1. The van der Waals surface area contributed by atoms with E-state index in [9.17, 15) is 18.4 Å². The van der Waals surface area contributed by atoms with Crippen LogP contribution in [0.3, 0.4) is 0 Å². The van der Waals surface area contributed by atoms with Crippen molar-refractivity contribution >= 4 is 40.6 Å². The third-order valence-electron chi connectivity index (χ3n) is 7.67. The van der Waals surface area contributed by atoms with Crippen LogP contribution in [0.1, 0.15) is 23.2 Å². The Labute approximate surface area is 245 Å². The first-order chi connectivity index (χ1) is 20.4. The van der Waals surface area contributed by atoms with E-state index in [2.05, 4.69) is 20.6 Å². The summed E-state index contributed by atoms with van der Waals surface area (Å²) >= 11 is 6.55. The smallest absolute Gasteiger partial charge is 0.255 e. The second kappa shape index (κ2) is 11.5. The van der Waals surface area contributed by atoms with Crippen LogP contribution < -0.4 is 15.4 Å². The van der Waals surface area contributed by atoms with Gasteiger partial charge in [-0.1, -0.05) is 11.6 Å². The van der Waals surface area contributed by atoms with E-state index in [4.69, 9.17) is 16.3 Å². The fraction of sp³-hybridized carbons (Fsp3) is 0.310. The normalized spacial score (nSPS) is 17.1. The van der Waals surface area contributed by atoms with E-state index in [0.717, 1.165) is 19.4 Å². The first-order valence-electron chi connectivity index (χ1n) is 13.6. The second-order valence-electron chi connectivity index (χ2n) is 10.1. The van der Waals surface area contributed by atoms with E-state index in [1.165, 1.54) is 31.6 Å². The molecular weight excluding hydrogens is 568 g/mol. The Hall–Kier alpha value is -4.29. The number of benzene rings is 2. The maximum atomic E-state index is 14.8. The molecule has 2 aliphatic heterocycles. The van der Waals surface area contributed by atoms with Gasteiger partial charge in [0, 0.05) is 49.8 Å². The average molecular weight is 596 g/mol. The molecule has 0 bridgehead atoms. The maximum Gasteiger partial charge on any atom is 0.255 e. The first kappa shape index (κ1) is 27.9. The Balaban J connectivity index is 1.16.